The van der Waals surface area contributed by atoms with Crippen LogP contribution < -0.4 is 4.74 Å². The van der Waals surface area contributed by atoms with E-state index >= 15 is 0 Å². The van der Waals surface area contributed by atoms with Crippen molar-refractivity contribution in [1.82, 2.24) is 5.01 Å². The molecule has 0 amide bonds. The molecule has 0 N–H and O–H groups in total. The van der Waals surface area contributed by atoms with Crippen LogP contribution >= 0.6 is 39.1 Å². The van der Waals surface area contributed by atoms with E-state index in [1.165, 1.54) is 0 Å². The molecule has 0 saturated heterocycles. The molecule has 28 heavy (non-hydrogen) atoms. The van der Waals surface area contributed by atoms with Gasteiger partial charge in [0.2, 0.25) is 6.23 Å². The minimum absolute atomic E-state index is 0.0934. The molecule has 0 unspecified atom stereocenters. The highest BCUT2D eigenvalue weighted by Crippen LogP contribution is 2.48. The number of halogens is 3. The van der Waals surface area contributed by atoms with Crippen molar-refractivity contribution in [3.05, 3.63) is 97.9 Å². The van der Waals surface area contributed by atoms with Gasteiger partial charge in [0.15, 0.2) is 0 Å². The zero-order valence-corrected chi connectivity index (χ0v) is 17.7. The van der Waals surface area contributed by atoms with Gasteiger partial charge in [0.05, 0.1) is 21.8 Å². The van der Waals surface area contributed by atoms with Gasteiger partial charge in [0.1, 0.15) is 5.75 Å². The molecule has 0 bridgehead atoms. The molecule has 5 rings (SSSR count). The molecule has 2 atom stereocenters. The molecule has 2 aliphatic rings. The number of hydrogen-bond donors (Lipinski definition) is 0. The van der Waals surface area contributed by atoms with Crippen LogP contribution in [0.15, 0.2) is 76.3 Å². The molecule has 3 nitrogen and oxygen atoms in total. The monoisotopic (exact) mass is 472 g/mol. The van der Waals surface area contributed by atoms with Gasteiger partial charge in [-0.3, -0.25) is 0 Å². The number of hydrazone groups is 1. The fraction of sp³-hybridized carbons (Fsp3) is 0.136. The van der Waals surface area contributed by atoms with Crippen molar-refractivity contribution < 1.29 is 4.74 Å². The lowest BCUT2D eigenvalue weighted by atomic mass is 9.96. The maximum atomic E-state index is 6.36. The Morgan fingerprint density at radius 2 is 1.79 bits per heavy atom. The van der Waals surface area contributed by atoms with Crippen LogP contribution in [0.3, 0.4) is 0 Å². The Bertz CT molecular complexity index is 1090. The lowest BCUT2D eigenvalue weighted by Crippen LogP contribution is -2.33. The third kappa shape index (κ3) is 3.10. The van der Waals surface area contributed by atoms with Crippen molar-refractivity contribution in [1.29, 1.82) is 0 Å². The first-order valence-corrected chi connectivity index (χ1v) is 10.5. The number of ether oxygens (including phenoxy) is 1. The minimum atomic E-state index is -0.366. The number of benzene rings is 3. The Labute approximate surface area is 181 Å². The first-order valence-electron chi connectivity index (χ1n) is 8.92. The first kappa shape index (κ1) is 18.0. The van der Waals surface area contributed by atoms with Crippen LogP contribution in [-0.4, -0.2) is 10.7 Å². The van der Waals surface area contributed by atoms with Gasteiger partial charge in [-0.1, -0.05) is 75.5 Å². The fourth-order valence-corrected chi connectivity index (χ4v) is 4.43. The number of rotatable bonds is 2. The number of fused-ring (bicyclic) bond motifs is 3. The van der Waals surface area contributed by atoms with Gasteiger partial charge in [0.25, 0.3) is 0 Å². The van der Waals surface area contributed by atoms with Crippen LogP contribution in [0.5, 0.6) is 5.75 Å². The minimum Gasteiger partial charge on any atom is -0.464 e. The van der Waals surface area contributed by atoms with Crippen LogP contribution in [0, 0.1) is 0 Å². The molecular weight excluding hydrogens is 459 g/mol. The third-order valence-corrected chi connectivity index (χ3v) is 6.32. The quantitative estimate of drug-likeness (QED) is 0.400. The van der Waals surface area contributed by atoms with E-state index in [2.05, 4.69) is 34.1 Å². The summed E-state index contributed by atoms with van der Waals surface area (Å²) in [6.45, 7) is 0. The maximum Gasteiger partial charge on any atom is 0.213 e. The predicted molar refractivity (Wildman–Crippen MR) is 116 cm³/mol. The Morgan fingerprint density at radius 1 is 0.964 bits per heavy atom. The summed E-state index contributed by atoms with van der Waals surface area (Å²) < 4.78 is 7.39. The molecule has 3 aromatic rings. The molecule has 0 spiro atoms. The molecule has 0 radical (unpaired) electrons. The van der Waals surface area contributed by atoms with Gasteiger partial charge in [-0.05, 0) is 35.9 Å². The summed E-state index contributed by atoms with van der Waals surface area (Å²) in [4.78, 5) is 0. The van der Waals surface area contributed by atoms with Crippen LogP contribution in [0.1, 0.15) is 35.4 Å². The highest BCUT2D eigenvalue weighted by molar-refractivity contribution is 9.10. The van der Waals surface area contributed by atoms with E-state index in [-0.39, 0.29) is 12.3 Å². The molecule has 140 valence electrons. The second kappa shape index (κ2) is 7.11. The van der Waals surface area contributed by atoms with E-state index in [1.54, 1.807) is 6.07 Å². The third-order valence-electron chi connectivity index (χ3n) is 5.09. The summed E-state index contributed by atoms with van der Waals surface area (Å²) in [7, 11) is 0. The van der Waals surface area contributed by atoms with Crippen molar-refractivity contribution in [3.8, 4) is 5.75 Å². The van der Waals surface area contributed by atoms with Crippen molar-refractivity contribution in [2.24, 2.45) is 5.10 Å². The summed E-state index contributed by atoms with van der Waals surface area (Å²) in [6.07, 6.45) is 0.448. The van der Waals surface area contributed by atoms with Gasteiger partial charge in [-0.25, -0.2) is 5.01 Å². The lowest BCUT2D eigenvalue weighted by molar-refractivity contribution is -0.0190. The lowest BCUT2D eigenvalue weighted by Gasteiger charge is -2.38. The summed E-state index contributed by atoms with van der Waals surface area (Å²) in [5.74, 6) is 0.866. The average molecular weight is 474 g/mol. The van der Waals surface area contributed by atoms with E-state index in [1.807, 2.05) is 47.5 Å². The number of hydrogen-bond acceptors (Lipinski definition) is 3. The van der Waals surface area contributed by atoms with Gasteiger partial charge >= 0.3 is 0 Å². The smallest absolute Gasteiger partial charge is 0.213 e. The molecule has 0 fully saturated rings. The molecule has 0 saturated carbocycles. The standard InChI is InChI=1S/C22H15BrCl2N2O/c23-15-7-9-21-16(11-15)20-12-19(13-4-2-1-3-5-13)26-27(20)22(28-21)14-6-8-17(24)18(25)10-14/h1-11,20,22H,12H2/t20-,22+/m1/s1. The van der Waals surface area contributed by atoms with E-state index < -0.39 is 0 Å². The predicted octanol–water partition coefficient (Wildman–Crippen LogP) is 7.00. The molecule has 2 aliphatic heterocycles. The van der Waals surface area contributed by atoms with E-state index in [0.29, 0.717) is 10.0 Å². The van der Waals surface area contributed by atoms with Crippen molar-refractivity contribution in [2.45, 2.75) is 18.7 Å². The zero-order chi connectivity index (χ0) is 19.3. The highest BCUT2D eigenvalue weighted by atomic mass is 79.9. The van der Waals surface area contributed by atoms with Gasteiger partial charge in [0, 0.05) is 22.0 Å². The van der Waals surface area contributed by atoms with Gasteiger partial charge in [-0.15, -0.1) is 0 Å². The van der Waals surface area contributed by atoms with Gasteiger partial charge < -0.3 is 4.74 Å². The van der Waals surface area contributed by atoms with Crippen molar-refractivity contribution in [2.75, 3.05) is 0 Å². The van der Waals surface area contributed by atoms with E-state index in [9.17, 15) is 0 Å². The Morgan fingerprint density at radius 3 is 2.57 bits per heavy atom. The average Bonchev–Trinajstić information content (AvgIpc) is 3.16. The zero-order valence-electron chi connectivity index (χ0n) is 14.6. The Kier molecular flexibility index (Phi) is 4.58. The van der Waals surface area contributed by atoms with Crippen LogP contribution in [0.2, 0.25) is 10.0 Å². The fourth-order valence-electron chi connectivity index (χ4n) is 3.75. The second-order valence-corrected chi connectivity index (χ2v) is 8.57. The van der Waals surface area contributed by atoms with Crippen LogP contribution in [0.4, 0.5) is 0 Å². The van der Waals surface area contributed by atoms with Crippen LogP contribution in [0.25, 0.3) is 0 Å². The maximum absolute atomic E-state index is 6.36. The number of nitrogens with zero attached hydrogens (tertiary/aromatic N) is 2. The second-order valence-electron chi connectivity index (χ2n) is 6.84. The molecule has 3 aromatic carbocycles. The highest BCUT2D eigenvalue weighted by Gasteiger charge is 2.41. The normalized spacial score (nSPS) is 20.2. The topological polar surface area (TPSA) is 24.8 Å². The molecule has 6 heteroatoms. The SMILES string of the molecule is Clc1ccc([C@@H]2Oc3ccc(Br)cc3[C@H]3CC(c4ccccc4)=NN32)cc1Cl. The molecule has 0 aliphatic carbocycles. The Hall–Kier alpha value is -2.01. The largest absolute Gasteiger partial charge is 0.464 e. The molecule has 0 aromatic heterocycles. The summed E-state index contributed by atoms with van der Waals surface area (Å²) in [5.41, 5.74) is 4.22. The molecular formula is C22H15BrCl2N2O. The summed E-state index contributed by atoms with van der Waals surface area (Å²) in [5, 5.41) is 8.02. The van der Waals surface area contributed by atoms with E-state index in [4.69, 9.17) is 33.0 Å². The Balaban J connectivity index is 1.62. The molecule has 2 heterocycles. The van der Waals surface area contributed by atoms with Crippen molar-refractivity contribution >= 4 is 44.8 Å². The summed E-state index contributed by atoms with van der Waals surface area (Å²) in [6, 6.07) is 22.1. The first-order chi connectivity index (χ1) is 13.6. The van der Waals surface area contributed by atoms with E-state index in [0.717, 1.165) is 39.0 Å². The van der Waals surface area contributed by atoms with Gasteiger partial charge in [-0.2, -0.15) is 5.10 Å². The van der Waals surface area contributed by atoms with Crippen LogP contribution in [-0.2, 0) is 0 Å². The summed E-state index contributed by atoms with van der Waals surface area (Å²) >= 11 is 16.0. The van der Waals surface area contributed by atoms with Crippen molar-refractivity contribution in [3.63, 3.8) is 0 Å².